The predicted molar refractivity (Wildman–Crippen MR) is 74.5 cm³/mol. The van der Waals surface area contributed by atoms with E-state index in [4.69, 9.17) is 4.74 Å². The normalized spacial score (nSPS) is 20.9. The Bertz CT molecular complexity index is 250. The Labute approximate surface area is 112 Å². The molecule has 1 aliphatic carbocycles. The van der Waals surface area contributed by atoms with Gasteiger partial charge in [0, 0.05) is 6.04 Å². The minimum Gasteiger partial charge on any atom is -0.459 e. The Hall–Kier alpha value is -0.570. The van der Waals surface area contributed by atoms with Gasteiger partial charge in [0.15, 0.2) is 0 Å². The molecule has 0 saturated heterocycles. The number of rotatable bonds is 3. The summed E-state index contributed by atoms with van der Waals surface area (Å²) in [4.78, 5) is 11.9. The average molecular weight is 255 g/mol. The first-order chi connectivity index (χ1) is 8.38. The van der Waals surface area contributed by atoms with Crippen molar-refractivity contribution in [1.82, 2.24) is 5.32 Å². The fourth-order valence-corrected chi connectivity index (χ4v) is 2.43. The summed E-state index contributed by atoms with van der Waals surface area (Å²) >= 11 is 0. The minimum absolute atomic E-state index is 0.135. The highest BCUT2D eigenvalue weighted by molar-refractivity contribution is 5.75. The molecule has 106 valence electrons. The van der Waals surface area contributed by atoms with Crippen LogP contribution in [0.15, 0.2) is 0 Å². The lowest BCUT2D eigenvalue weighted by molar-refractivity contribution is -0.157. The van der Waals surface area contributed by atoms with Crippen LogP contribution in [0.2, 0.25) is 0 Å². The fraction of sp³-hybridized carbons (Fsp3) is 0.933. The summed E-state index contributed by atoms with van der Waals surface area (Å²) in [5.41, 5.74) is -0.395. The van der Waals surface area contributed by atoms with E-state index in [1.54, 1.807) is 0 Å². The van der Waals surface area contributed by atoms with Gasteiger partial charge in [-0.2, -0.15) is 0 Å². The van der Waals surface area contributed by atoms with Crippen molar-refractivity contribution in [2.45, 2.75) is 90.3 Å². The molecule has 3 nitrogen and oxygen atoms in total. The van der Waals surface area contributed by atoms with Crippen molar-refractivity contribution in [1.29, 1.82) is 0 Å². The van der Waals surface area contributed by atoms with Gasteiger partial charge < -0.3 is 10.1 Å². The van der Waals surface area contributed by atoms with Crippen molar-refractivity contribution in [2.75, 3.05) is 0 Å². The third kappa shape index (κ3) is 6.39. The first kappa shape index (κ1) is 15.5. The van der Waals surface area contributed by atoms with Crippen molar-refractivity contribution in [2.24, 2.45) is 0 Å². The number of nitrogens with one attached hydrogen (secondary N) is 1. The first-order valence-corrected chi connectivity index (χ1v) is 7.37. The highest BCUT2D eigenvalue weighted by Gasteiger charge is 2.23. The summed E-state index contributed by atoms with van der Waals surface area (Å²) in [6.07, 6.45) is 8.96. The van der Waals surface area contributed by atoms with Crippen LogP contribution in [0.4, 0.5) is 0 Å². The highest BCUT2D eigenvalue weighted by Crippen LogP contribution is 2.18. The monoisotopic (exact) mass is 255 g/mol. The number of hydrogen-bond donors (Lipinski definition) is 1. The summed E-state index contributed by atoms with van der Waals surface area (Å²) in [6.45, 7) is 7.64. The van der Waals surface area contributed by atoms with Crippen molar-refractivity contribution in [3.05, 3.63) is 0 Å². The number of ether oxygens (including phenoxy) is 1. The van der Waals surface area contributed by atoms with E-state index in [2.05, 4.69) is 5.32 Å². The topological polar surface area (TPSA) is 38.3 Å². The van der Waals surface area contributed by atoms with Crippen LogP contribution >= 0.6 is 0 Å². The van der Waals surface area contributed by atoms with Gasteiger partial charge in [-0.15, -0.1) is 0 Å². The van der Waals surface area contributed by atoms with Crippen LogP contribution in [0.5, 0.6) is 0 Å². The zero-order valence-corrected chi connectivity index (χ0v) is 12.4. The van der Waals surface area contributed by atoms with E-state index in [0.29, 0.717) is 6.04 Å². The van der Waals surface area contributed by atoms with Gasteiger partial charge in [0.1, 0.15) is 11.6 Å². The van der Waals surface area contributed by atoms with Gasteiger partial charge >= 0.3 is 5.97 Å². The van der Waals surface area contributed by atoms with Gasteiger partial charge in [0.2, 0.25) is 0 Å². The van der Waals surface area contributed by atoms with Crippen molar-refractivity contribution in [3.63, 3.8) is 0 Å². The molecule has 1 N–H and O–H groups in total. The standard InChI is InChI=1S/C15H29NO2/c1-12(14(17)18-15(2,3)4)16-13-10-8-6-5-7-9-11-13/h12-13,16H,5-11H2,1-4H3/t12-/m1/s1. The van der Waals surface area contributed by atoms with E-state index in [1.165, 1.54) is 44.9 Å². The molecule has 0 bridgehead atoms. The lowest BCUT2D eigenvalue weighted by Crippen LogP contribution is -2.44. The average Bonchev–Trinajstić information content (AvgIpc) is 2.19. The van der Waals surface area contributed by atoms with Crippen LogP contribution in [-0.2, 0) is 9.53 Å². The predicted octanol–water partition coefficient (Wildman–Crippen LogP) is 3.42. The van der Waals surface area contributed by atoms with Crippen LogP contribution < -0.4 is 5.32 Å². The largest absolute Gasteiger partial charge is 0.459 e. The molecule has 0 amide bonds. The Kier molecular flexibility index (Phi) is 6.13. The van der Waals surface area contributed by atoms with E-state index in [-0.39, 0.29) is 12.0 Å². The molecule has 1 fully saturated rings. The third-order valence-electron chi connectivity index (χ3n) is 3.35. The maximum absolute atomic E-state index is 11.9. The van der Waals surface area contributed by atoms with E-state index >= 15 is 0 Å². The molecule has 0 radical (unpaired) electrons. The molecule has 0 heterocycles. The molecule has 0 aliphatic heterocycles. The Morgan fingerprint density at radius 3 is 2.11 bits per heavy atom. The van der Waals surface area contributed by atoms with Gasteiger partial charge in [-0.1, -0.05) is 32.1 Å². The van der Waals surface area contributed by atoms with E-state index in [9.17, 15) is 4.79 Å². The molecule has 0 aromatic heterocycles. The van der Waals surface area contributed by atoms with Crippen molar-refractivity contribution in [3.8, 4) is 0 Å². The van der Waals surface area contributed by atoms with Crippen LogP contribution in [0.1, 0.15) is 72.6 Å². The number of carbonyl (C=O) groups is 1. The lowest BCUT2D eigenvalue weighted by atomic mass is 9.96. The molecule has 1 aliphatic rings. The molecule has 0 spiro atoms. The Balaban J connectivity index is 2.37. The zero-order valence-electron chi connectivity index (χ0n) is 12.4. The molecule has 0 aromatic rings. The molecule has 0 aromatic carbocycles. The molecule has 1 saturated carbocycles. The number of esters is 1. The fourth-order valence-electron chi connectivity index (χ4n) is 2.43. The minimum atomic E-state index is -0.395. The number of hydrogen-bond acceptors (Lipinski definition) is 3. The second kappa shape index (κ2) is 7.13. The summed E-state index contributed by atoms with van der Waals surface area (Å²) in [5.74, 6) is -0.135. The summed E-state index contributed by atoms with van der Waals surface area (Å²) in [5, 5.41) is 3.43. The lowest BCUT2D eigenvalue weighted by Gasteiger charge is -2.27. The van der Waals surface area contributed by atoms with Gasteiger partial charge in [0.25, 0.3) is 0 Å². The molecule has 3 heteroatoms. The third-order valence-corrected chi connectivity index (χ3v) is 3.35. The molecule has 1 atom stereocenters. The summed E-state index contributed by atoms with van der Waals surface area (Å²) < 4.78 is 5.40. The molecular weight excluding hydrogens is 226 g/mol. The first-order valence-electron chi connectivity index (χ1n) is 7.37. The van der Waals surface area contributed by atoms with Crippen LogP contribution in [0.3, 0.4) is 0 Å². The molecule has 1 rings (SSSR count). The van der Waals surface area contributed by atoms with Gasteiger partial charge in [0.05, 0.1) is 0 Å². The maximum Gasteiger partial charge on any atom is 0.323 e. The number of carbonyl (C=O) groups excluding carboxylic acids is 1. The Morgan fingerprint density at radius 1 is 1.11 bits per heavy atom. The Morgan fingerprint density at radius 2 is 1.61 bits per heavy atom. The van der Waals surface area contributed by atoms with Crippen LogP contribution in [-0.4, -0.2) is 23.7 Å². The quantitative estimate of drug-likeness (QED) is 0.785. The molecular formula is C15H29NO2. The van der Waals surface area contributed by atoms with Gasteiger partial charge in [-0.25, -0.2) is 0 Å². The van der Waals surface area contributed by atoms with Crippen molar-refractivity contribution >= 4 is 5.97 Å². The van der Waals surface area contributed by atoms with E-state index in [0.717, 1.165) is 0 Å². The maximum atomic E-state index is 11.9. The SMILES string of the molecule is C[C@@H](NC1CCCCCCC1)C(=O)OC(C)(C)C. The van der Waals surface area contributed by atoms with E-state index < -0.39 is 5.60 Å². The molecule has 18 heavy (non-hydrogen) atoms. The van der Waals surface area contributed by atoms with Crippen LogP contribution in [0.25, 0.3) is 0 Å². The van der Waals surface area contributed by atoms with Gasteiger partial charge in [-0.3, -0.25) is 4.79 Å². The van der Waals surface area contributed by atoms with Gasteiger partial charge in [-0.05, 0) is 40.5 Å². The zero-order chi connectivity index (χ0) is 13.6. The van der Waals surface area contributed by atoms with Crippen molar-refractivity contribution < 1.29 is 9.53 Å². The van der Waals surface area contributed by atoms with E-state index in [1.807, 2.05) is 27.7 Å². The highest BCUT2D eigenvalue weighted by atomic mass is 16.6. The summed E-state index contributed by atoms with van der Waals surface area (Å²) in [6, 6.07) is 0.279. The molecule has 0 unspecified atom stereocenters. The smallest absolute Gasteiger partial charge is 0.323 e. The summed E-state index contributed by atoms with van der Waals surface area (Å²) in [7, 11) is 0. The second-order valence-corrected chi connectivity index (χ2v) is 6.46. The van der Waals surface area contributed by atoms with Crippen LogP contribution in [0, 0.1) is 0 Å². The second-order valence-electron chi connectivity index (χ2n) is 6.46.